The van der Waals surface area contributed by atoms with Gasteiger partial charge in [0, 0.05) is 25.2 Å². The van der Waals surface area contributed by atoms with Gasteiger partial charge in [0.05, 0.1) is 0 Å². The monoisotopic (exact) mass is 288 g/mol. The lowest BCUT2D eigenvalue weighted by molar-refractivity contribution is 0.167. The van der Waals surface area contributed by atoms with Crippen LogP contribution >= 0.6 is 0 Å². The Labute approximate surface area is 117 Å². The number of nitrogens with one attached hydrogen (secondary N) is 1. The van der Waals surface area contributed by atoms with Gasteiger partial charge in [-0.05, 0) is 59.0 Å². The average Bonchev–Trinajstić information content (AvgIpc) is 2.40. The van der Waals surface area contributed by atoms with Gasteiger partial charge in [0.15, 0.2) is 0 Å². The first-order valence-electron chi connectivity index (χ1n) is 7.32. The van der Waals surface area contributed by atoms with Gasteiger partial charge >= 0.3 is 0 Å². The highest BCUT2D eigenvalue weighted by molar-refractivity contribution is 7.87. The predicted molar refractivity (Wildman–Crippen MR) is 76.9 cm³/mol. The highest BCUT2D eigenvalue weighted by Gasteiger charge is 2.29. The Kier molecular flexibility index (Phi) is 5.22. The Morgan fingerprint density at radius 2 is 1.68 bits per heavy atom. The minimum atomic E-state index is -3.28. The van der Waals surface area contributed by atoms with Gasteiger partial charge in [0.1, 0.15) is 0 Å². The molecule has 2 heterocycles. The topological polar surface area (TPSA) is 52.7 Å². The molecule has 0 unspecified atom stereocenters. The first-order valence-corrected chi connectivity index (χ1v) is 8.76. The van der Waals surface area contributed by atoms with E-state index in [1.165, 1.54) is 0 Å². The summed E-state index contributed by atoms with van der Waals surface area (Å²) in [7, 11) is -3.28. The summed E-state index contributed by atoms with van der Waals surface area (Å²) < 4.78 is 29.0. The van der Waals surface area contributed by atoms with Crippen LogP contribution in [0.5, 0.6) is 0 Å². The van der Waals surface area contributed by atoms with Crippen LogP contribution in [0.25, 0.3) is 0 Å². The van der Waals surface area contributed by atoms with Crippen molar-refractivity contribution in [3.8, 4) is 0 Å². The zero-order chi connectivity index (χ0) is 13.9. The van der Waals surface area contributed by atoms with E-state index in [0.717, 1.165) is 38.8 Å². The Morgan fingerprint density at radius 3 is 2.21 bits per heavy atom. The summed E-state index contributed by atoms with van der Waals surface area (Å²) in [5, 5.41) is 0. The van der Waals surface area contributed by atoms with E-state index in [-0.39, 0.29) is 6.04 Å². The molecule has 1 N–H and O–H groups in total. The molecule has 2 aliphatic heterocycles. The molecule has 2 rings (SSSR count). The number of likely N-dealkylation sites (tertiary alicyclic amines) is 1. The van der Waals surface area contributed by atoms with E-state index in [9.17, 15) is 8.42 Å². The van der Waals surface area contributed by atoms with Crippen LogP contribution in [0.3, 0.4) is 0 Å². The number of nitrogens with zero attached hydrogens (tertiary/aromatic N) is 2. The van der Waals surface area contributed by atoms with Crippen molar-refractivity contribution < 1.29 is 8.42 Å². The Hall–Kier alpha value is -0.170. The van der Waals surface area contributed by atoms with Gasteiger partial charge in [-0.3, -0.25) is 0 Å². The quantitative estimate of drug-likeness (QED) is 0.839. The molecule has 0 aliphatic carbocycles. The fourth-order valence-corrected chi connectivity index (χ4v) is 4.28. The molecule has 0 aromatic carbocycles. The van der Waals surface area contributed by atoms with Gasteiger partial charge in [-0.1, -0.05) is 0 Å². The molecule has 0 saturated carbocycles. The van der Waals surface area contributed by atoms with Crippen LogP contribution in [0.4, 0.5) is 0 Å². The van der Waals surface area contributed by atoms with Crippen molar-refractivity contribution in [2.45, 2.75) is 51.6 Å². The van der Waals surface area contributed by atoms with Crippen molar-refractivity contribution in [2.75, 3.05) is 26.2 Å². The maximum absolute atomic E-state index is 12.3. The molecule has 0 bridgehead atoms. The second-order valence-corrected chi connectivity index (χ2v) is 7.49. The zero-order valence-corrected chi connectivity index (χ0v) is 12.8. The predicted octanol–water partition coefficient (Wildman–Crippen LogP) is 0.994. The Balaban J connectivity index is 1.84. The van der Waals surface area contributed by atoms with E-state index in [0.29, 0.717) is 19.1 Å². The van der Waals surface area contributed by atoms with Gasteiger partial charge in [-0.2, -0.15) is 17.4 Å². The minimum Gasteiger partial charge on any atom is -0.301 e. The summed E-state index contributed by atoms with van der Waals surface area (Å²) in [6.45, 7) is 7.60. The van der Waals surface area contributed by atoms with Crippen molar-refractivity contribution in [3.63, 3.8) is 0 Å². The lowest BCUT2D eigenvalue weighted by Gasteiger charge is -2.36. The van der Waals surface area contributed by atoms with Gasteiger partial charge in [0.25, 0.3) is 10.2 Å². The van der Waals surface area contributed by atoms with E-state index in [2.05, 4.69) is 29.9 Å². The van der Waals surface area contributed by atoms with Crippen LogP contribution in [0.2, 0.25) is 0 Å². The molecular weight excluding hydrogens is 262 g/mol. The molecule has 0 aromatic heterocycles. The van der Waals surface area contributed by atoms with Crippen molar-refractivity contribution in [3.05, 3.63) is 6.42 Å². The summed E-state index contributed by atoms with van der Waals surface area (Å²) in [5.41, 5.74) is 0. The van der Waals surface area contributed by atoms with E-state index < -0.39 is 10.2 Å². The van der Waals surface area contributed by atoms with Gasteiger partial charge in [-0.15, -0.1) is 0 Å². The third kappa shape index (κ3) is 4.15. The van der Waals surface area contributed by atoms with E-state index >= 15 is 0 Å². The van der Waals surface area contributed by atoms with E-state index in [1.54, 1.807) is 4.31 Å². The van der Waals surface area contributed by atoms with Crippen LogP contribution < -0.4 is 4.72 Å². The molecule has 0 atom stereocenters. The highest BCUT2D eigenvalue weighted by atomic mass is 32.2. The van der Waals surface area contributed by atoms with E-state index in [4.69, 9.17) is 0 Å². The molecule has 6 heteroatoms. The van der Waals surface area contributed by atoms with Gasteiger partial charge < -0.3 is 4.90 Å². The first kappa shape index (κ1) is 15.2. The van der Waals surface area contributed by atoms with Crippen LogP contribution in [-0.2, 0) is 10.2 Å². The van der Waals surface area contributed by atoms with Crippen molar-refractivity contribution in [2.24, 2.45) is 0 Å². The first-order chi connectivity index (χ1) is 8.99. The summed E-state index contributed by atoms with van der Waals surface area (Å²) in [6, 6.07) is 0.654. The van der Waals surface area contributed by atoms with Gasteiger partial charge in [-0.25, -0.2) is 0 Å². The number of hydrogen-bond acceptors (Lipinski definition) is 3. The fraction of sp³-hybridized carbons (Fsp3) is 0.923. The molecule has 5 nitrogen and oxygen atoms in total. The maximum Gasteiger partial charge on any atom is 0.279 e. The van der Waals surface area contributed by atoms with Crippen LogP contribution in [0.15, 0.2) is 0 Å². The average molecular weight is 288 g/mol. The SMILES string of the molecule is CC(C)N1CCC(NS(=O)(=O)N2CC[CH]CC2)CC1. The number of hydrogen-bond donors (Lipinski definition) is 1. The summed E-state index contributed by atoms with van der Waals surface area (Å²) in [6.07, 6.45) is 5.72. The normalized spacial score (nSPS) is 25.0. The smallest absolute Gasteiger partial charge is 0.279 e. The molecule has 2 fully saturated rings. The number of piperidine rings is 2. The third-order valence-electron chi connectivity index (χ3n) is 4.08. The summed E-state index contributed by atoms with van der Waals surface area (Å²) in [5.74, 6) is 0. The lowest BCUT2D eigenvalue weighted by atomic mass is 10.1. The third-order valence-corrected chi connectivity index (χ3v) is 5.76. The van der Waals surface area contributed by atoms with E-state index in [1.807, 2.05) is 0 Å². The van der Waals surface area contributed by atoms with Gasteiger partial charge in [0.2, 0.25) is 0 Å². The Morgan fingerprint density at radius 1 is 1.11 bits per heavy atom. The molecule has 2 aliphatic rings. The second-order valence-electron chi connectivity index (χ2n) is 5.79. The fourth-order valence-electron chi connectivity index (χ4n) is 2.79. The zero-order valence-electron chi connectivity index (χ0n) is 12.0. The summed E-state index contributed by atoms with van der Waals surface area (Å²) >= 11 is 0. The van der Waals surface area contributed by atoms with Crippen LogP contribution in [-0.4, -0.2) is 55.9 Å². The lowest BCUT2D eigenvalue weighted by Crippen LogP contribution is -2.51. The molecule has 1 radical (unpaired) electrons. The van der Waals surface area contributed by atoms with Crippen molar-refractivity contribution in [1.29, 1.82) is 0 Å². The van der Waals surface area contributed by atoms with Crippen molar-refractivity contribution in [1.82, 2.24) is 13.9 Å². The summed E-state index contributed by atoms with van der Waals surface area (Å²) in [4.78, 5) is 2.40. The molecule has 2 saturated heterocycles. The largest absolute Gasteiger partial charge is 0.301 e. The molecule has 111 valence electrons. The standard InChI is InChI=1S/C13H26N3O2S/c1-12(2)15-10-6-13(7-11-15)14-19(17,18)16-8-4-3-5-9-16/h3,12-14H,4-11H2,1-2H3. The van der Waals surface area contributed by atoms with Crippen molar-refractivity contribution >= 4 is 10.2 Å². The van der Waals surface area contributed by atoms with Crippen LogP contribution in [0.1, 0.15) is 39.5 Å². The molecule has 0 aromatic rings. The molecule has 0 spiro atoms. The Bertz CT molecular complexity index is 369. The minimum absolute atomic E-state index is 0.103. The number of rotatable bonds is 4. The second kappa shape index (κ2) is 6.52. The molecule has 19 heavy (non-hydrogen) atoms. The van der Waals surface area contributed by atoms with Crippen LogP contribution in [0, 0.1) is 6.42 Å². The molecular formula is C13H26N3O2S. The maximum atomic E-state index is 12.3. The molecule has 0 amide bonds. The highest BCUT2D eigenvalue weighted by Crippen LogP contribution is 2.16.